The van der Waals surface area contributed by atoms with Crippen LogP contribution in [0.2, 0.25) is 5.02 Å². The van der Waals surface area contributed by atoms with Crippen LogP contribution in [0.3, 0.4) is 0 Å². The molecule has 144 valence electrons. The summed E-state index contributed by atoms with van der Waals surface area (Å²) in [6.07, 6.45) is 6.06. The van der Waals surface area contributed by atoms with Gasteiger partial charge in [-0.05, 0) is 30.3 Å². The van der Waals surface area contributed by atoms with E-state index < -0.39 is 5.82 Å². The number of nitrogens with zero attached hydrogens (tertiary/aromatic N) is 2. The number of hydrogen-bond acceptors (Lipinski definition) is 5. The molecule has 0 spiro atoms. The highest BCUT2D eigenvalue weighted by molar-refractivity contribution is 9.09. The number of hydrogen-bond donors (Lipinski definition) is 2. The van der Waals surface area contributed by atoms with Crippen molar-refractivity contribution in [3.05, 3.63) is 65.8 Å². The first-order valence-corrected chi connectivity index (χ1v) is 9.38. The van der Waals surface area contributed by atoms with Gasteiger partial charge in [-0.1, -0.05) is 27.5 Å². The maximum atomic E-state index is 13.2. The van der Waals surface area contributed by atoms with Gasteiger partial charge in [0.1, 0.15) is 22.8 Å². The van der Waals surface area contributed by atoms with E-state index in [2.05, 4.69) is 36.5 Å². The predicted octanol–water partition coefficient (Wildman–Crippen LogP) is 4.76. The molecule has 1 unspecified atom stereocenters. The first kappa shape index (κ1) is 20.0. The lowest BCUT2D eigenvalue weighted by atomic mass is 10.2. The maximum Gasteiger partial charge on any atom is 0.248 e. The molecule has 0 radical (unpaired) electrons. The molecule has 0 saturated carbocycles. The molecular weight excluding hydrogens is 451 g/mol. The Morgan fingerprint density at radius 2 is 2.18 bits per heavy atom. The smallest absolute Gasteiger partial charge is 0.248 e. The van der Waals surface area contributed by atoms with Crippen LogP contribution >= 0.6 is 27.5 Å². The number of benzene rings is 2. The maximum absolute atomic E-state index is 13.2. The minimum Gasteiger partial charge on any atom is -0.494 e. The Morgan fingerprint density at radius 3 is 2.93 bits per heavy atom. The van der Waals surface area contributed by atoms with Crippen molar-refractivity contribution in [1.29, 1.82) is 0 Å². The zero-order chi connectivity index (χ0) is 20.1. The summed E-state index contributed by atoms with van der Waals surface area (Å²) in [6, 6.07) is 7.73. The van der Waals surface area contributed by atoms with Crippen molar-refractivity contribution in [3.8, 4) is 5.75 Å². The third-order valence-electron chi connectivity index (χ3n) is 3.72. The fourth-order valence-corrected chi connectivity index (χ4v) is 3.01. The second-order valence-corrected chi connectivity index (χ2v) is 7.05. The average molecular weight is 466 g/mol. The molecule has 6 nitrogen and oxygen atoms in total. The quantitative estimate of drug-likeness (QED) is 0.312. The molecule has 28 heavy (non-hydrogen) atoms. The third-order valence-corrected chi connectivity index (χ3v) is 4.55. The van der Waals surface area contributed by atoms with E-state index in [1.165, 1.54) is 31.6 Å². The molecule has 2 N–H and O–H groups in total. The molecule has 0 fully saturated rings. The number of anilines is 2. The Balaban J connectivity index is 1.67. The lowest BCUT2D eigenvalue weighted by Crippen LogP contribution is -2.12. The van der Waals surface area contributed by atoms with Gasteiger partial charge in [-0.2, -0.15) is 0 Å². The molecule has 3 aromatic rings. The SMILES string of the molecule is COc1cc2ncncc2cc1NC(=O)C=CC(Br)Nc1ccc(F)c(Cl)c1. The van der Waals surface area contributed by atoms with Crippen LogP contribution in [0.1, 0.15) is 0 Å². The molecule has 0 aliphatic carbocycles. The molecule has 0 bridgehead atoms. The number of nitrogens with one attached hydrogen (secondary N) is 2. The summed E-state index contributed by atoms with van der Waals surface area (Å²) < 4.78 is 18.5. The van der Waals surface area contributed by atoms with Crippen LogP contribution in [0.25, 0.3) is 10.9 Å². The van der Waals surface area contributed by atoms with Crippen LogP contribution in [0, 0.1) is 5.82 Å². The number of aromatic nitrogens is 2. The van der Waals surface area contributed by atoms with Gasteiger partial charge in [0.2, 0.25) is 5.91 Å². The third kappa shape index (κ3) is 4.96. The standard InChI is InChI=1S/C19H15BrClFN4O2/c1-28-17-8-15-11(9-23-10-24-15)6-16(17)26-19(27)5-4-18(20)25-12-2-3-14(22)13(21)7-12/h2-10,18,25H,1H3,(H,26,27). The van der Waals surface area contributed by atoms with Crippen LogP contribution in [0.4, 0.5) is 15.8 Å². The fraction of sp³-hybridized carbons (Fsp3) is 0.105. The lowest BCUT2D eigenvalue weighted by molar-refractivity contribution is -0.111. The summed E-state index contributed by atoms with van der Waals surface area (Å²) in [5.74, 6) is -0.358. The Morgan fingerprint density at radius 1 is 1.36 bits per heavy atom. The van der Waals surface area contributed by atoms with E-state index in [4.69, 9.17) is 16.3 Å². The van der Waals surface area contributed by atoms with Gasteiger partial charge in [-0.15, -0.1) is 0 Å². The number of methoxy groups -OCH3 is 1. The van der Waals surface area contributed by atoms with Gasteiger partial charge in [-0.3, -0.25) is 4.79 Å². The minimum atomic E-state index is -0.497. The van der Waals surface area contributed by atoms with Crippen LogP contribution in [-0.4, -0.2) is 27.9 Å². The number of fused-ring (bicyclic) bond motifs is 1. The fourth-order valence-electron chi connectivity index (χ4n) is 2.42. The molecule has 3 rings (SSSR count). The van der Waals surface area contributed by atoms with E-state index >= 15 is 0 Å². The number of alkyl halides is 1. The normalized spacial score (nSPS) is 12.1. The second-order valence-electron chi connectivity index (χ2n) is 5.66. The van der Waals surface area contributed by atoms with Gasteiger partial charge in [0.15, 0.2) is 0 Å². The molecule has 1 amide bonds. The summed E-state index contributed by atoms with van der Waals surface area (Å²) in [5.41, 5.74) is 1.82. The number of amides is 1. The number of ether oxygens (including phenoxy) is 1. The number of carbonyl (C=O) groups is 1. The molecule has 0 saturated heterocycles. The predicted molar refractivity (Wildman–Crippen MR) is 112 cm³/mol. The lowest BCUT2D eigenvalue weighted by Gasteiger charge is -2.11. The van der Waals surface area contributed by atoms with Gasteiger partial charge in [0.25, 0.3) is 0 Å². The highest BCUT2D eigenvalue weighted by Crippen LogP contribution is 2.29. The molecule has 1 heterocycles. The first-order chi connectivity index (χ1) is 13.5. The van der Waals surface area contributed by atoms with E-state index in [-0.39, 0.29) is 15.9 Å². The largest absolute Gasteiger partial charge is 0.494 e. The number of rotatable bonds is 6. The topological polar surface area (TPSA) is 76.1 Å². The molecule has 1 aromatic heterocycles. The highest BCUT2D eigenvalue weighted by Gasteiger charge is 2.09. The monoisotopic (exact) mass is 464 g/mol. The zero-order valence-corrected chi connectivity index (χ0v) is 17.0. The van der Waals surface area contributed by atoms with Gasteiger partial charge in [0, 0.05) is 29.4 Å². The second kappa shape index (κ2) is 8.99. The Bertz CT molecular complexity index is 1050. The average Bonchev–Trinajstić information content (AvgIpc) is 2.68. The van der Waals surface area contributed by atoms with Crippen molar-refractivity contribution in [2.75, 3.05) is 17.7 Å². The molecular formula is C19H15BrClFN4O2. The van der Waals surface area contributed by atoms with Gasteiger partial charge >= 0.3 is 0 Å². The Labute approximate surface area is 173 Å². The molecule has 2 aromatic carbocycles. The van der Waals surface area contributed by atoms with Crippen LogP contribution in [0.5, 0.6) is 5.75 Å². The summed E-state index contributed by atoms with van der Waals surface area (Å²) in [6.45, 7) is 0. The van der Waals surface area contributed by atoms with E-state index in [0.29, 0.717) is 22.6 Å². The summed E-state index contributed by atoms with van der Waals surface area (Å²) >= 11 is 9.13. The van der Waals surface area contributed by atoms with Crippen molar-refractivity contribution >= 4 is 55.7 Å². The number of carbonyl (C=O) groups excluding carboxylic acids is 1. The summed E-state index contributed by atoms with van der Waals surface area (Å²) in [7, 11) is 1.51. The van der Waals surface area contributed by atoms with E-state index in [0.717, 1.165) is 5.39 Å². The van der Waals surface area contributed by atoms with Crippen molar-refractivity contribution in [2.24, 2.45) is 0 Å². The minimum absolute atomic E-state index is 0.0128. The summed E-state index contributed by atoms with van der Waals surface area (Å²) in [5, 5.41) is 6.58. The van der Waals surface area contributed by atoms with Gasteiger partial charge in [0.05, 0.1) is 23.3 Å². The van der Waals surface area contributed by atoms with Crippen molar-refractivity contribution in [2.45, 2.75) is 4.95 Å². The van der Waals surface area contributed by atoms with E-state index in [1.807, 2.05) is 0 Å². The molecule has 9 heteroatoms. The van der Waals surface area contributed by atoms with Crippen LogP contribution < -0.4 is 15.4 Å². The molecule has 0 aliphatic rings. The van der Waals surface area contributed by atoms with Gasteiger partial charge < -0.3 is 15.4 Å². The zero-order valence-electron chi connectivity index (χ0n) is 14.6. The van der Waals surface area contributed by atoms with Crippen LogP contribution in [-0.2, 0) is 4.79 Å². The first-order valence-electron chi connectivity index (χ1n) is 8.09. The van der Waals surface area contributed by atoms with Crippen LogP contribution in [0.15, 0.2) is 55.0 Å². The molecule has 1 atom stereocenters. The van der Waals surface area contributed by atoms with Crippen molar-refractivity contribution < 1.29 is 13.9 Å². The Hall–Kier alpha value is -2.71. The van der Waals surface area contributed by atoms with Gasteiger partial charge in [-0.25, -0.2) is 14.4 Å². The van der Waals surface area contributed by atoms with Crippen molar-refractivity contribution in [3.63, 3.8) is 0 Å². The summed E-state index contributed by atoms with van der Waals surface area (Å²) in [4.78, 5) is 20.0. The highest BCUT2D eigenvalue weighted by atomic mass is 79.9. The van der Waals surface area contributed by atoms with E-state index in [9.17, 15) is 9.18 Å². The molecule has 0 aliphatic heterocycles. The number of halogens is 3. The van der Waals surface area contributed by atoms with Crippen molar-refractivity contribution in [1.82, 2.24) is 9.97 Å². The Kier molecular flexibility index (Phi) is 6.43. The van der Waals surface area contributed by atoms with E-state index in [1.54, 1.807) is 30.5 Å².